The molecule has 1 amide bonds. The molecule has 0 fully saturated rings. The van der Waals surface area contributed by atoms with Crippen molar-refractivity contribution in [2.24, 2.45) is 0 Å². The highest BCUT2D eigenvalue weighted by atomic mass is 35.5. The quantitative estimate of drug-likeness (QED) is 0.584. The average Bonchev–Trinajstić information content (AvgIpc) is 3.23. The standard InChI is InChI=1S/C23H21ClN2O3/c1-2-16-5-7-17(8-6-16)13-26(14-18-4-3-9-25-12-18)23(27)19-10-20(24)22-21(11-19)28-15-29-22/h3-12H,2,13-15H2,1H3. The SMILES string of the molecule is CCc1ccc(CN(Cc2cccnc2)C(=O)c2cc(Cl)c3c(c2)OCO3)cc1. The Morgan fingerprint density at radius 3 is 2.55 bits per heavy atom. The van der Waals surface area contributed by atoms with Gasteiger partial charge in [-0.15, -0.1) is 0 Å². The van der Waals surface area contributed by atoms with Crippen LogP contribution in [0, 0.1) is 0 Å². The fourth-order valence-electron chi connectivity index (χ4n) is 3.29. The maximum atomic E-state index is 13.4. The third-order valence-electron chi connectivity index (χ3n) is 4.86. The average molecular weight is 409 g/mol. The number of carbonyl (C=O) groups excluding carboxylic acids is 1. The van der Waals surface area contributed by atoms with E-state index in [0.717, 1.165) is 17.5 Å². The number of pyridine rings is 1. The number of carbonyl (C=O) groups is 1. The smallest absolute Gasteiger partial charge is 0.254 e. The van der Waals surface area contributed by atoms with Crippen LogP contribution in [0.4, 0.5) is 0 Å². The van der Waals surface area contributed by atoms with E-state index in [9.17, 15) is 4.79 Å². The maximum absolute atomic E-state index is 13.4. The Kier molecular flexibility index (Phi) is 5.67. The second-order valence-corrected chi connectivity index (χ2v) is 7.29. The molecule has 0 saturated heterocycles. The van der Waals surface area contributed by atoms with E-state index in [1.54, 1.807) is 29.4 Å². The van der Waals surface area contributed by atoms with E-state index in [0.29, 0.717) is 35.2 Å². The largest absolute Gasteiger partial charge is 0.454 e. The van der Waals surface area contributed by atoms with Crippen LogP contribution in [-0.4, -0.2) is 22.6 Å². The van der Waals surface area contributed by atoms with E-state index in [-0.39, 0.29) is 12.7 Å². The monoisotopic (exact) mass is 408 g/mol. The van der Waals surface area contributed by atoms with Gasteiger partial charge in [0.2, 0.25) is 6.79 Å². The molecular formula is C23H21ClN2O3. The molecule has 0 N–H and O–H groups in total. The van der Waals surface area contributed by atoms with Gasteiger partial charge in [-0.05, 0) is 41.3 Å². The molecule has 2 heterocycles. The lowest BCUT2D eigenvalue weighted by molar-refractivity contribution is 0.0729. The molecule has 0 spiro atoms. The number of ether oxygens (including phenoxy) is 2. The summed E-state index contributed by atoms with van der Waals surface area (Å²) < 4.78 is 10.8. The van der Waals surface area contributed by atoms with Crippen LogP contribution in [0.3, 0.4) is 0 Å². The third kappa shape index (κ3) is 4.35. The van der Waals surface area contributed by atoms with Crippen LogP contribution < -0.4 is 9.47 Å². The Hall–Kier alpha value is -3.05. The summed E-state index contributed by atoms with van der Waals surface area (Å²) in [5.74, 6) is 0.847. The van der Waals surface area contributed by atoms with Crippen LogP contribution in [0.25, 0.3) is 0 Å². The summed E-state index contributed by atoms with van der Waals surface area (Å²) in [5, 5.41) is 0.372. The molecule has 0 atom stereocenters. The first-order chi connectivity index (χ1) is 14.1. The first-order valence-corrected chi connectivity index (χ1v) is 9.87. The summed E-state index contributed by atoms with van der Waals surface area (Å²) in [6.07, 6.45) is 4.47. The van der Waals surface area contributed by atoms with E-state index < -0.39 is 0 Å². The number of hydrogen-bond donors (Lipinski definition) is 0. The van der Waals surface area contributed by atoms with Gasteiger partial charge < -0.3 is 14.4 Å². The minimum atomic E-state index is -0.131. The van der Waals surface area contributed by atoms with Crippen molar-refractivity contribution >= 4 is 17.5 Å². The summed E-state index contributed by atoms with van der Waals surface area (Å²) in [4.78, 5) is 19.3. The molecule has 0 bridgehead atoms. The first-order valence-electron chi connectivity index (χ1n) is 9.49. The summed E-state index contributed by atoms with van der Waals surface area (Å²) in [5.41, 5.74) is 3.75. The molecule has 3 aromatic rings. The lowest BCUT2D eigenvalue weighted by Gasteiger charge is -2.23. The third-order valence-corrected chi connectivity index (χ3v) is 5.14. The number of fused-ring (bicyclic) bond motifs is 1. The van der Waals surface area contributed by atoms with Crippen LogP contribution in [-0.2, 0) is 19.5 Å². The predicted octanol–water partition coefficient (Wildman–Crippen LogP) is 4.87. The second kappa shape index (κ2) is 8.53. The van der Waals surface area contributed by atoms with Gasteiger partial charge in [-0.1, -0.05) is 48.9 Å². The number of aromatic nitrogens is 1. The van der Waals surface area contributed by atoms with Gasteiger partial charge in [0.05, 0.1) is 5.02 Å². The van der Waals surface area contributed by atoms with Crippen LogP contribution in [0.2, 0.25) is 5.02 Å². The number of benzene rings is 2. The highest BCUT2D eigenvalue weighted by Gasteiger charge is 2.24. The number of halogens is 1. The summed E-state index contributed by atoms with van der Waals surface area (Å²) in [7, 11) is 0. The van der Waals surface area contributed by atoms with Crippen molar-refractivity contribution in [3.8, 4) is 11.5 Å². The van der Waals surface area contributed by atoms with Gasteiger partial charge in [0.15, 0.2) is 11.5 Å². The summed E-state index contributed by atoms with van der Waals surface area (Å²) >= 11 is 6.29. The van der Waals surface area contributed by atoms with Gasteiger partial charge in [0.25, 0.3) is 5.91 Å². The van der Waals surface area contributed by atoms with Crippen molar-refractivity contribution in [3.63, 3.8) is 0 Å². The van der Waals surface area contributed by atoms with Gasteiger partial charge in [-0.25, -0.2) is 0 Å². The first kappa shape index (κ1) is 19.3. The Labute approximate surface area is 174 Å². The van der Waals surface area contributed by atoms with E-state index in [1.165, 1.54) is 5.56 Å². The topological polar surface area (TPSA) is 51.7 Å². The number of aryl methyl sites for hydroxylation is 1. The zero-order valence-electron chi connectivity index (χ0n) is 16.1. The minimum Gasteiger partial charge on any atom is -0.454 e. The highest BCUT2D eigenvalue weighted by Crippen LogP contribution is 2.40. The van der Waals surface area contributed by atoms with Crippen LogP contribution in [0.15, 0.2) is 60.9 Å². The van der Waals surface area contributed by atoms with E-state index >= 15 is 0 Å². The Morgan fingerprint density at radius 1 is 1.07 bits per heavy atom. The molecule has 29 heavy (non-hydrogen) atoms. The zero-order valence-corrected chi connectivity index (χ0v) is 16.9. The Balaban J connectivity index is 1.63. The van der Waals surface area contributed by atoms with Crippen LogP contribution in [0.1, 0.15) is 34.0 Å². The lowest BCUT2D eigenvalue weighted by atomic mass is 10.1. The summed E-state index contributed by atoms with van der Waals surface area (Å²) in [6, 6.07) is 15.5. The van der Waals surface area contributed by atoms with Crippen molar-refractivity contribution in [2.45, 2.75) is 26.4 Å². The van der Waals surface area contributed by atoms with E-state index in [2.05, 4.69) is 36.2 Å². The highest BCUT2D eigenvalue weighted by molar-refractivity contribution is 6.32. The normalized spacial score (nSPS) is 12.1. The van der Waals surface area contributed by atoms with E-state index in [4.69, 9.17) is 21.1 Å². The van der Waals surface area contributed by atoms with Gasteiger partial charge in [-0.3, -0.25) is 9.78 Å². The molecular weight excluding hydrogens is 388 g/mol. The molecule has 6 heteroatoms. The molecule has 0 unspecified atom stereocenters. The van der Waals surface area contributed by atoms with E-state index in [1.807, 2.05) is 12.1 Å². The molecule has 1 aromatic heterocycles. The van der Waals surface area contributed by atoms with Gasteiger partial charge in [0, 0.05) is 31.0 Å². The Bertz CT molecular complexity index is 1010. The van der Waals surface area contributed by atoms with Gasteiger partial charge in [-0.2, -0.15) is 0 Å². The molecule has 0 radical (unpaired) electrons. The molecule has 2 aromatic carbocycles. The predicted molar refractivity (Wildman–Crippen MR) is 111 cm³/mol. The molecule has 4 rings (SSSR count). The molecule has 5 nitrogen and oxygen atoms in total. The van der Waals surface area contributed by atoms with Gasteiger partial charge in [0.1, 0.15) is 0 Å². The van der Waals surface area contributed by atoms with Crippen molar-refractivity contribution in [2.75, 3.05) is 6.79 Å². The Morgan fingerprint density at radius 2 is 1.83 bits per heavy atom. The lowest BCUT2D eigenvalue weighted by Crippen LogP contribution is -2.30. The molecule has 1 aliphatic rings. The van der Waals surface area contributed by atoms with Gasteiger partial charge >= 0.3 is 0 Å². The fourth-order valence-corrected chi connectivity index (χ4v) is 3.55. The molecule has 0 aliphatic carbocycles. The number of rotatable bonds is 6. The fraction of sp³-hybridized carbons (Fsp3) is 0.217. The molecule has 148 valence electrons. The van der Waals surface area contributed by atoms with Crippen molar-refractivity contribution in [3.05, 3.63) is 88.2 Å². The molecule has 0 saturated carbocycles. The summed E-state index contributed by atoms with van der Waals surface area (Å²) in [6.45, 7) is 3.14. The molecule has 1 aliphatic heterocycles. The van der Waals surface area contributed by atoms with Crippen molar-refractivity contribution in [1.29, 1.82) is 0 Å². The number of amides is 1. The maximum Gasteiger partial charge on any atom is 0.254 e. The zero-order chi connectivity index (χ0) is 20.2. The minimum absolute atomic E-state index is 0.107. The number of nitrogens with zero attached hydrogens (tertiary/aromatic N) is 2. The van der Waals surface area contributed by atoms with Crippen molar-refractivity contribution < 1.29 is 14.3 Å². The van der Waals surface area contributed by atoms with Crippen molar-refractivity contribution in [1.82, 2.24) is 9.88 Å². The number of hydrogen-bond acceptors (Lipinski definition) is 4. The van der Waals surface area contributed by atoms with Crippen LogP contribution in [0.5, 0.6) is 11.5 Å². The van der Waals surface area contributed by atoms with Crippen LogP contribution >= 0.6 is 11.6 Å². The second-order valence-electron chi connectivity index (χ2n) is 6.88.